The van der Waals surface area contributed by atoms with Crippen molar-refractivity contribution in [1.29, 1.82) is 5.26 Å². The second-order valence-corrected chi connectivity index (χ2v) is 11.9. The van der Waals surface area contributed by atoms with Gasteiger partial charge in [0.25, 0.3) is 0 Å². The first-order chi connectivity index (χ1) is 17.8. The minimum atomic E-state index is -0.0587. The Kier molecular flexibility index (Phi) is 7.00. The second-order valence-electron chi connectivity index (χ2n) is 11.9. The van der Waals surface area contributed by atoms with E-state index in [1.807, 2.05) is 24.3 Å². The second kappa shape index (κ2) is 10.2. The molecule has 0 spiro atoms. The molecule has 6 heteroatoms. The topological polar surface area (TPSA) is 64.3 Å². The molecule has 0 unspecified atom stereocenters. The van der Waals surface area contributed by atoms with E-state index in [1.54, 1.807) is 0 Å². The lowest BCUT2D eigenvalue weighted by molar-refractivity contribution is -0.117. The van der Waals surface area contributed by atoms with Crippen molar-refractivity contribution in [2.75, 3.05) is 42.9 Å². The Morgan fingerprint density at radius 1 is 1.05 bits per heavy atom. The van der Waals surface area contributed by atoms with Crippen LogP contribution in [0.3, 0.4) is 0 Å². The molecule has 5 rings (SSSR count). The molecular formula is C31H39N5O. The van der Waals surface area contributed by atoms with E-state index < -0.39 is 0 Å². The number of aromatic nitrogens is 1. The van der Waals surface area contributed by atoms with Crippen molar-refractivity contribution >= 4 is 28.2 Å². The molecule has 3 aromatic rings. The van der Waals surface area contributed by atoms with Crippen LogP contribution in [-0.4, -0.2) is 48.1 Å². The number of fused-ring (bicyclic) bond motifs is 1. The van der Waals surface area contributed by atoms with Gasteiger partial charge in [-0.25, -0.2) is 0 Å². The molecule has 0 bridgehead atoms. The molecule has 6 nitrogen and oxygen atoms in total. The quantitative estimate of drug-likeness (QED) is 0.428. The maximum atomic E-state index is 12.4. The van der Waals surface area contributed by atoms with Gasteiger partial charge in [0.1, 0.15) is 6.07 Å². The summed E-state index contributed by atoms with van der Waals surface area (Å²) in [5.41, 5.74) is 5.70. The van der Waals surface area contributed by atoms with Crippen LogP contribution in [-0.2, 0) is 11.3 Å². The summed E-state index contributed by atoms with van der Waals surface area (Å²) in [6.07, 6.45) is 3.28. The number of nitrogens with zero attached hydrogens (tertiary/aromatic N) is 4. The normalized spacial score (nSPS) is 16.7. The van der Waals surface area contributed by atoms with Gasteiger partial charge in [0.2, 0.25) is 5.91 Å². The number of anilines is 2. The van der Waals surface area contributed by atoms with E-state index in [0.717, 1.165) is 66.5 Å². The lowest BCUT2D eigenvalue weighted by Crippen LogP contribution is -2.47. The lowest BCUT2D eigenvalue weighted by Gasteiger charge is -2.36. The molecule has 2 aromatic carbocycles. The largest absolute Gasteiger partial charge is 0.369 e. The molecule has 2 fully saturated rings. The van der Waals surface area contributed by atoms with E-state index in [-0.39, 0.29) is 11.3 Å². The van der Waals surface area contributed by atoms with E-state index in [9.17, 15) is 10.1 Å². The predicted octanol–water partition coefficient (Wildman–Crippen LogP) is 6.11. The average molecular weight is 498 g/mol. The molecule has 0 radical (unpaired) electrons. The smallest absolute Gasteiger partial charge is 0.224 e. The van der Waals surface area contributed by atoms with Crippen molar-refractivity contribution < 1.29 is 4.79 Å². The predicted molar refractivity (Wildman–Crippen MR) is 152 cm³/mol. The third-order valence-electron chi connectivity index (χ3n) is 7.56. The molecule has 1 aliphatic heterocycles. The number of rotatable bonds is 7. The summed E-state index contributed by atoms with van der Waals surface area (Å²) in [6, 6.07) is 16.9. The summed E-state index contributed by atoms with van der Waals surface area (Å²) in [5, 5.41) is 14.2. The van der Waals surface area contributed by atoms with Crippen molar-refractivity contribution in [1.82, 2.24) is 9.47 Å². The summed E-state index contributed by atoms with van der Waals surface area (Å²) in [4.78, 5) is 17.5. The van der Waals surface area contributed by atoms with Crippen molar-refractivity contribution in [2.24, 2.45) is 11.3 Å². The zero-order chi connectivity index (χ0) is 26.2. The van der Waals surface area contributed by atoms with Crippen LogP contribution in [0.1, 0.15) is 52.5 Å². The molecule has 1 aliphatic carbocycles. The molecule has 1 saturated heterocycles. The van der Waals surface area contributed by atoms with E-state index in [0.29, 0.717) is 12.0 Å². The van der Waals surface area contributed by atoms with Crippen LogP contribution in [0.2, 0.25) is 0 Å². The standard InChI is InChI=1S/C31H39N5O/c1-5-36-28-18-25(35-16-14-34(15-17-35)21-22-6-7-22)12-13-26(28)27(20-32)30(36)23-8-10-24(11-9-23)33-29(37)19-31(2,3)4/h8-13,18,22H,5-7,14-17,19,21H2,1-4H3,(H,33,37). The summed E-state index contributed by atoms with van der Waals surface area (Å²) in [5.74, 6) is 0.953. The Morgan fingerprint density at radius 2 is 1.76 bits per heavy atom. The van der Waals surface area contributed by atoms with Gasteiger partial charge in [0, 0.05) is 62.5 Å². The fourth-order valence-electron chi connectivity index (χ4n) is 5.53. The van der Waals surface area contributed by atoms with E-state index in [1.165, 1.54) is 25.1 Å². The Labute approximate surface area is 220 Å². The van der Waals surface area contributed by atoms with Gasteiger partial charge in [-0.15, -0.1) is 0 Å². The van der Waals surface area contributed by atoms with Crippen LogP contribution < -0.4 is 10.2 Å². The molecule has 2 heterocycles. The van der Waals surface area contributed by atoms with E-state index in [4.69, 9.17) is 0 Å². The number of benzene rings is 2. The van der Waals surface area contributed by atoms with Crippen LogP contribution in [0.4, 0.5) is 11.4 Å². The summed E-state index contributed by atoms with van der Waals surface area (Å²) in [6.45, 7) is 14.7. The zero-order valence-electron chi connectivity index (χ0n) is 22.7. The first-order valence-corrected chi connectivity index (χ1v) is 13.7. The Morgan fingerprint density at radius 3 is 2.35 bits per heavy atom. The maximum Gasteiger partial charge on any atom is 0.224 e. The Balaban J connectivity index is 1.40. The summed E-state index contributed by atoms with van der Waals surface area (Å²) in [7, 11) is 0. The van der Waals surface area contributed by atoms with Gasteiger partial charge in [0.15, 0.2) is 0 Å². The van der Waals surface area contributed by atoms with Crippen LogP contribution in [0.25, 0.3) is 22.2 Å². The molecule has 1 saturated carbocycles. The molecule has 1 N–H and O–H groups in total. The third-order valence-corrected chi connectivity index (χ3v) is 7.56. The molecule has 0 atom stereocenters. The molecule has 1 amide bonds. The highest BCUT2D eigenvalue weighted by atomic mass is 16.1. The van der Waals surface area contributed by atoms with E-state index >= 15 is 0 Å². The molecular weight excluding hydrogens is 458 g/mol. The molecule has 1 aromatic heterocycles. The van der Waals surface area contributed by atoms with Gasteiger partial charge in [-0.1, -0.05) is 32.9 Å². The van der Waals surface area contributed by atoms with Gasteiger partial charge >= 0.3 is 0 Å². The number of aryl methyl sites for hydroxylation is 1. The van der Waals surface area contributed by atoms with Crippen molar-refractivity contribution in [2.45, 2.75) is 53.5 Å². The minimum absolute atomic E-state index is 0.0153. The van der Waals surface area contributed by atoms with Gasteiger partial charge in [-0.2, -0.15) is 5.26 Å². The number of hydrogen-bond donors (Lipinski definition) is 1. The molecule has 37 heavy (non-hydrogen) atoms. The molecule has 194 valence electrons. The Hall–Kier alpha value is -3.30. The Bertz CT molecular complexity index is 1310. The number of nitriles is 1. The third kappa shape index (κ3) is 5.67. The van der Waals surface area contributed by atoms with Gasteiger partial charge in [0.05, 0.1) is 16.8 Å². The van der Waals surface area contributed by atoms with Crippen LogP contribution in [0.5, 0.6) is 0 Å². The number of hydrogen-bond acceptors (Lipinski definition) is 4. The SMILES string of the molecule is CCn1c(-c2ccc(NC(=O)CC(C)(C)C)cc2)c(C#N)c2ccc(N3CCN(CC4CC4)CC3)cc21. The maximum absolute atomic E-state index is 12.4. The van der Waals surface area contributed by atoms with Crippen LogP contribution in [0, 0.1) is 22.7 Å². The van der Waals surface area contributed by atoms with Crippen LogP contribution in [0.15, 0.2) is 42.5 Å². The van der Waals surface area contributed by atoms with Crippen molar-refractivity contribution in [3.05, 3.63) is 48.0 Å². The lowest BCUT2D eigenvalue weighted by atomic mass is 9.92. The summed E-state index contributed by atoms with van der Waals surface area (Å²) < 4.78 is 2.26. The number of carbonyl (C=O) groups excluding carboxylic acids is 1. The number of carbonyl (C=O) groups is 1. The highest BCUT2D eigenvalue weighted by Crippen LogP contribution is 2.36. The highest BCUT2D eigenvalue weighted by molar-refractivity contribution is 5.97. The highest BCUT2D eigenvalue weighted by Gasteiger charge is 2.27. The minimum Gasteiger partial charge on any atom is -0.369 e. The van der Waals surface area contributed by atoms with Gasteiger partial charge in [-0.05, 0) is 67.0 Å². The number of piperazine rings is 1. The molecule has 2 aliphatic rings. The monoisotopic (exact) mass is 497 g/mol. The van der Waals surface area contributed by atoms with E-state index in [2.05, 4.69) is 71.6 Å². The summed E-state index contributed by atoms with van der Waals surface area (Å²) >= 11 is 0. The fraction of sp³-hybridized carbons (Fsp3) is 0.484. The van der Waals surface area contributed by atoms with Crippen molar-refractivity contribution in [3.63, 3.8) is 0 Å². The van der Waals surface area contributed by atoms with Crippen LogP contribution >= 0.6 is 0 Å². The fourth-order valence-corrected chi connectivity index (χ4v) is 5.53. The average Bonchev–Trinajstić information content (AvgIpc) is 3.62. The first kappa shape index (κ1) is 25.4. The first-order valence-electron chi connectivity index (χ1n) is 13.7. The van der Waals surface area contributed by atoms with Crippen molar-refractivity contribution in [3.8, 4) is 17.3 Å². The number of nitrogens with one attached hydrogen (secondary N) is 1. The number of amides is 1. The van der Waals surface area contributed by atoms with Gasteiger partial charge in [-0.3, -0.25) is 9.69 Å². The van der Waals surface area contributed by atoms with Gasteiger partial charge < -0.3 is 14.8 Å². The zero-order valence-corrected chi connectivity index (χ0v) is 22.7.